The average Bonchev–Trinajstić information content (AvgIpc) is 3.25. The van der Waals surface area contributed by atoms with Gasteiger partial charge in [-0.25, -0.2) is 4.98 Å². The molecule has 3 heterocycles. The SMILES string of the molecule is COCc1nc(OC)c2c(C)c(C(=O)N(C)C[C@H]3CCN(C(C)=O)C3)sc2n1. The number of nitrogens with zero attached hydrogens (tertiary/aromatic N) is 4. The Balaban J connectivity index is 1.83. The number of likely N-dealkylation sites (tertiary alicyclic amines) is 1. The van der Waals surface area contributed by atoms with Gasteiger partial charge in [0.25, 0.3) is 5.91 Å². The highest BCUT2D eigenvalue weighted by Crippen LogP contribution is 2.35. The summed E-state index contributed by atoms with van der Waals surface area (Å²) in [4.78, 5) is 38.4. The summed E-state index contributed by atoms with van der Waals surface area (Å²) < 4.78 is 10.5. The molecule has 0 spiro atoms. The number of thiophene rings is 1. The Labute approximate surface area is 168 Å². The fraction of sp³-hybridized carbons (Fsp3) is 0.579. The van der Waals surface area contributed by atoms with Gasteiger partial charge in [-0.2, -0.15) is 4.98 Å². The largest absolute Gasteiger partial charge is 0.480 e. The minimum Gasteiger partial charge on any atom is -0.480 e. The second kappa shape index (κ2) is 8.40. The molecule has 1 fully saturated rings. The van der Waals surface area contributed by atoms with Crippen LogP contribution in [0.2, 0.25) is 0 Å². The van der Waals surface area contributed by atoms with Crippen LogP contribution in [0.1, 0.15) is 34.4 Å². The van der Waals surface area contributed by atoms with E-state index in [2.05, 4.69) is 9.97 Å². The molecule has 0 aliphatic carbocycles. The fourth-order valence-corrected chi connectivity index (χ4v) is 4.79. The summed E-state index contributed by atoms with van der Waals surface area (Å²) in [7, 11) is 4.95. The van der Waals surface area contributed by atoms with Crippen molar-refractivity contribution in [2.75, 3.05) is 40.9 Å². The first-order chi connectivity index (χ1) is 13.3. The molecule has 0 aromatic carbocycles. The van der Waals surface area contributed by atoms with Crippen LogP contribution >= 0.6 is 11.3 Å². The zero-order valence-corrected chi connectivity index (χ0v) is 17.8. The van der Waals surface area contributed by atoms with E-state index < -0.39 is 0 Å². The number of aryl methyl sites for hydroxylation is 1. The molecule has 0 N–H and O–H groups in total. The van der Waals surface area contributed by atoms with E-state index >= 15 is 0 Å². The highest BCUT2D eigenvalue weighted by Gasteiger charge is 2.28. The molecule has 1 aliphatic heterocycles. The molecule has 1 aliphatic rings. The maximum absolute atomic E-state index is 13.1. The number of aromatic nitrogens is 2. The zero-order valence-electron chi connectivity index (χ0n) is 16.9. The summed E-state index contributed by atoms with van der Waals surface area (Å²) in [6.45, 7) is 5.85. The average molecular weight is 407 g/mol. The van der Waals surface area contributed by atoms with Gasteiger partial charge < -0.3 is 19.3 Å². The number of rotatable bonds is 6. The number of carbonyl (C=O) groups excluding carboxylic acids is 2. The minimum absolute atomic E-state index is 0.0443. The molecule has 0 radical (unpaired) electrons. The minimum atomic E-state index is -0.0443. The molecule has 2 aromatic heterocycles. The van der Waals surface area contributed by atoms with Gasteiger partial charge in [0, 0.05) is 40.7 Å². The second-order valence-corrected chi connectivity index (χ2v) is 8.12. The molecule has 28 heavy (non-hydrogen) atoms. The number of fused-ring (bicyclic) bond motifs is 1. The van der Waals surface area contributed by atoms with Crippen molar-refractivity contribution < 1.29 is 19.1 Å². The Hall–Kier alpha value is -2.26. The Morgan fingerprint density at radius 2 is 2.07 bits per heavy atom. The van der Waals surface area contributed by atoms with Crippen LogP contribution in [0.3, 0.4) is 0 Å². The Kier molecular flexibility index (Phi) is 6.14. The van der Waals surface area contributed by atoms with E-state index in [0.717, 1.165) is 28.7 Å². The molecular weight excluding hydrogens is 380 g/mol. The molecule has 2 amide bonds. The predicted octanol–water partition coefficient (Wildman–Crippen LogP) is 2.10. The van der Waals surface area contributed by atoms with Crippen LogP contribution in [0.5, 0.6) is 5.88 Å². The molecule has 9 heteroatoms. The summed E-state index contributed by atoms with van der Waals surface area (Å²) in [6, 6.07) is 0. The van der Waals surface area contributed by atoms with Gasteiger partial charge in [0.05, 0.1) is 17.4 Å². The van der Waals surface area contributed by atoms with Crippen molar-refractivity contribution >= 4 is 33.4 Å². The first kappa shape index (κ1) is 20.5. The van der Waals surface area contributed by atoms with Gasteiger partial charge in [-0.1, -0.05) is 0 Å². The zero-order chi connectivity index (χ0) is 20.4. The van der Waals surface area contributed by atoms with Crippen molar-refractivity contribution in [3.63, 3.8) is 0 Å². The van der Waals surface area contributed by atoms with Gasteiger partial charge >= 0.3 is 0 Å². The van der Waals surface area contributed by atoms with Gasteiger partial charge in [0.1, 0.15) is 11.4 Å². The highest BCUT2D eigenvalue weighted by atomic mass is 32.1. The van der Waals surface area contributed by atoms with E-state index in [4.69, 9.17) is 9.47 Å². The van der Waals surface area contributed by atoms with Gasteiger partial charge in [-0.15, -0.1) is 11.3 Å². The molecule has 3 rings (SSSR count). The maximum Gasteiger partial charge on any atom is 0.264 e. The Morgan fingerprint density at radius 1 is 1.32 bits per heavy atom. The smallest absolute Gasteiger partial charge is 0.264 e. The standard InChI is InChI=1S/C19H26N4O4S/c1-11-15-17(27-5)20-14(10-26-4)21-18(15)28-16(11)19(25)22(3)8-13-6-7-23(9-13)12(2)24/h13H,6-10H2,1-5H3/t13-/m1/s1. The van der Waals surface area contributed by atoms with Crippen LogP contribution < -0.4 is 4.74 Å². The van der Waals surface area contributed by atoms with E-state index in [1.807, 2.05) is 18.9 Å². The predicted molar refractivity (Wildman–Crippen MR) is 107 cm³/mol. The third-order valence-corrected chi connectivity index (χ3v) is 6.25. The lowest BCUT2D eigenvalue weighted by Gasteiger charge is -2.21. The topological polar surface area (TPSA) is 84.9 Å². The van der Waals surface area contributed by atoms with Crippen molar-refractivity contribution in [2.24, 2.45) is 5.92 Å². The second-order valence-electron chi connectivity index (χ2n) is 7.12. The molecule has 1 saturated heterocycles. The molecule has 0 bridgehead atoms. The summed E-state index contributed by atoms with van der Waals surface area (Å²) in [6.07, 6.45) is 0.919. The van der Waals surface area contributed by atoms with Crippen LogP contribution in [0.4, 0.5) is 0 Å². The third kappa shape index (κ3) is 3.95. The molecule has 152 valence electrons. The molecular formula is C19H26N4O4S. The van der Waals surface area contributed by atoms with E-state index in [0.29, 0.717) is 35.6 Å². The first-order valence-electron chi connectivity index (χ1n) is 9.19. The number of amides is 2. The first-order valence-corrected chi connectivity index (χ1v) is 10.0. The summed E-state index contributed by atoms with van der Waals surface area (Å²) in [5.41, 5.74) is 0.828. The van der Waals surface area contributed by atoms with Gasteiger partial charge in [0.2, 0.25) is 11.8 Å². The lowest BCUT2D eigenvalue weighted by molar-refractivity contribution is -0.127. The maximum atomic E-state index is 13.1. The highest BCUT2D eigenvalue weighted by molar-refractivity contribution is 7.20. The van der Waals surface area contributed by atoms with Crippen molar-refractivity contribution in [3.8, 4) is 5.88 Å². The summed E-state index contributed by atoms with van der Waals surface area (Å²) >= 11 is 1.35. The molecule has 8 nitrogen and oxygen atoms in total. The summed E-state index contributed by atoms with van der Waals surface area (Å²) in [5, 5.41) is 0.771. The van der Waals surface area contributed by atoms with Crippen LogP contribution in [0, 0.1) is 12.8 Å². The van der Waals surface area contributed by atoms with Crippen LogP contribution in [0.25, 0.3) is 10.2 Å². The molecule has 0 unspecified atom stereocenters. The number of carbonyl (C=O) groups is 2. The Bertz CT molecular complexity index is 898. The van der Waals surface area contributed by atoms with Gasteiger partial charge in [0.15, 0.2) is 5.82 Å². The number of hydrogen-bond acceptors (Lipinski definition) is 7. The monoisotopic (exact) mass is 406 g/mol. The number of hydrogen-bond donors (Lipinski definition) is 0. The van der Waals surface area contributed by atoms with Crippen molar-refractivity contribution in [1.82, 2.24) is 19.8 Å². The van der Waals surface area contributed by atoms with E-state index in [-0.39, 0.29) is 18.4 Å². The lowest BCUT2D eigenvalue weighted by Crippen LogP contribution is -2.33. The molecule has 1 atom stereocenters. The van der Waals surface area contributed by atoms with Crippen LogP contribution in [-0.2, 0) is 16.1 Å². The lowest BCUT2D eigenvalue weighted by atomic mass is 10.1. The van der Waals surface area contributed by atoms with Crippen LogP contribution in [0.15, 0.2) is 0 Å². The van der Waals surface area contributed by atoms with Crippen molar-refractivity contribution in [1.29, 1.82) is 0 Å². The Morgan fingerprint density at radius 3 is 2.68 bits per heavy atom. The summed E-state index contributed by atoms with van der Waals surface area (Å²) in [5.74, 6) is 1.33. The van der Waals surface area contributed by atoms with Gasteiger partial charge in [-0.3, -0.25) is 9.59 Å². The third-order valence-electron chi connectivity index (χ3n) is 5.07. The normalized spacial score (nSPS) is 16.6. The quantitative estimate of drug-likeness (QED) is 0.730. The van der Waals surface area contributed by atoms with Crippen molar-refractivity contribution in [3.05, 3.63) is 16.3 Å². The van der Waals surface area contributed by atoms with Crippen molar-refractivity contribution in [2.45, 2.75) is 26.9 Å². The number of ether oxygens (including phenoxy) is 2. The fourth-order valence-electron chi connectivity index (χ4n) is 3.60. The van der Waals surface area contributed by atoms with E-state index in [1.54, 1.807) is 26.0 Å². The van der Waals surface area contributed by atoms with E-state index in [9.17, 15) is 9.59 Å². The molecule has 2 aromatic rings. The number of methoxy groups -OCH3 is 2. The van der Waals surface area contributed by atoms with Gasteiger partial charge in [-0.05, 0) is 24.8 Å². The van der Waals surface area contributed by atoms with E-state index in [1.165, 1.54) is 11.3 Å². The van der Waals surface area contributed by atoms with Crippen LogP contribution in [-0.4, -0.2) is 72.5 Å². The molecule has 0 saturated carbocycles.